The van der Waals surface area contributed by atoms with Crippen LogP contribution in [0, 0.1) is 0 Å². The molecule has 2 aromatic heterocycles. The first kappa shape index (κ1) is 17.6. The minimum absolute atomic E-state index is 0.0571. The largest absolute Gasteiger partial charge is 0.493 e. The lowest BCUT2D eigenvalue weighted by Crippen LogP contribution is -2.14. The van der Waals surface area contributed by atoms with Crippen LogP contribution in [-0.4, -0.2) is 32.4 Å². The summed E-state index contributed by atoms with van der Waals surface area (Å²) in [4.78, 5) is 13.5. The van der Waals surface area contributed by atoms with Crippen LogP contribution >= 0.6 is 11.3 Å². The van der Waals surface area contributed by atoms with E-state index in [1.54, 1.807) is 12.1 Å². The van der Waals surface area contributed by atoms with Crippen LogP contribution in [0.3, 0.4) is 0 Å². The van der Waals surface area contributed by atoms with Crippen LogP contribution < -0.4 is 25.3 Å². The van der Waals surface area contributed by atoms with Crippen LogP contribution in [0.5, 0.6) is 17.2 Å². The Kier molecular flexibility index (Phi) is 4.99. The lowest BCUT2D eigenvalue weighted by Gasteiger charge is -2.14. The van der Waals surface area contributed by atoms with Gasteiger partial charge in [0.1, 0.15) is 11.3 Å². The van der Waals surface area contributed by atoms with E-state index >= 15 is 0 Å². The van der Waals surface area contributed by atoms with Crippen LogP contribution in [0.25, 0.3) is 10.6 Å². The molecule has 0 aliphatic carbocycles. The van der Waals surface area contributed by atoms with Gasteiger partial charge >= 0.3 is 0 Å². The van der Waals surface area contributed by atoms with Gasteiger partial charge in [-0.05, 0) is 11.4 Å². The van der Waals surface area contributed by atoms with E-state index in [9.17, 15) is 4.79 Å². The Balaban J connectivity index is 1.96. The van der Waals surface area contributed by atoms with Crippen molar-refractivity contribution in [1.82, 2.24) is 5.16 Å². The van der Waals surface area contributed by atoms with Crippen LogP contribution in [0.2, 0.25) is 0 Å². The molecule has 0 saturated carbocycles. The van der Waals surface area contributed by atoms with E-state index in [1.807, 2.05) is 17.5 Å². The molecule has 9 heteroatoms. The second-order valence-corrected chi connectivity index (χ2v) is 6.06. The van der Waals surface area contributed by atoms with Gasteiger partial charge in [0, 0.05) is 17.8 Å². The SMILES string of the molecule is COc1cc(NC(=O)c2c(-c3cccs3)noc2N)cc(OC)c1OC. The van der Waals surface area contributed by atoms with Gasteiger partial charge in [0.2, 0.25) is 11.6 Å². The quantitative estimate of drug-likeness (QED) is 0.680. The molecule has 2 heterocycles. The summed E-state index contributed by atoms with van der Waals surface area (Å²) >= 11 is 1.43. The molecular formula is C17H17N3O5S. The number of hydrogen-bond donors (Lipinski definition) is 2. The molecule has 1 aromatic carbocycles. The summed E-state index contributed by atoms with van der Waals surface area (Å²) in [6, 6.07) is 6.92. The van der Waals surface area contributed by atoms with Gasteiger partial charge in [-0.25, -0.2) is 0 Å². The smallest absolute Gasteiger partial charge is 0.263 e. The molecule has 0 saturated heterocycles. The van der Waals surface area contributed by atoms with Gasteiger partial charge < -0.3 is 29.8 Å². The third kappa shape index (κ3) is 3.16. The molecule has 3 rings (SSSR count). The molecule has 0 radical (unpaired) electrons. The van der Waals surface area contributed by atoms with E-state index in [1.165, 1.54) is 32.7 Å². The van der Waals surface area contributed by atoms with Crippen molar-refractivity contribution in [2.45, 2.75) is 0 Å². The third-order valence-electron chi connectivity index (χ3n) is 3.62. The standard InChI is InChI=1S/C17H17N3O5S/c1-22-10-7-9(8-11(23-2)15(10)24-3)19-17(21)13-14(20-25-16(13)18)12-5-4-6-26-12/h4-8H,18H2,1-3H3,(H,19,21). The number of nitrogen functional groups attached to an aromatic ring is 1. The highest BCUT2D eigenvalue weighted by atomic mass is 32.1. The second-order valence-electron chi connectivity index (χ2n) is 5.12. The second kappa shape index (κ2) is 7.36. The number of thiophene rings is 1. The van der Waals surface area contributed by atoms with Gasteiger partial charge in [0.05, 0.1) is 26.2 Å². The number of nitrogens with two attached hydrogens (primary N) is 1. The highest BCUT2D eigenvalue weighted by molar-refractivity contribution is 7.13. The van der Waals surface area contributed by atoms with E-state index < -0.39 is 5.91 Å². The van der Waals surface area contributed by atoms with E-state index in [2.05, 4.69) is 10.5 Å². The number of nitrogens with one attached hydrogen (secondary N) is 1. The van der Waals surface area contributed by atoms with Crippen molar-refractivity contribution >= 4 is 28.8 Å². The number of aromatic nitrogens is 1. The van der Waals surface area contributed by atoms with Crippen LogP contribution in [0.1, 0.15) is 10.4 Å². The zero-order chi connectivity index (χ0) is 18.7. The summed E-state index contributed by atoms with van der Waals surface area (Å²) in [5.74, 6) is 0.745. The molecular weight excluding hydrogens is 358 g/mol. The molecule has 8 nitrogen and oxygen atoms in total. The minimum atomic E-state index is -0.457. The Labute approximate surface area is 153 Å². The van der Waals surface area contributed by atoms with E-state index in [-0.39, 0.29) is 11.4 Å². The molecule has 0 aliphatic heterocycles. The molecule has 1 amide bonds. The van der Waals surface area contributed by atoms with Crippen molar-refractivity contribution in [3.05, 3.63) is 35.2 Å². The summed E-state index contributed by atoms with van der Waals surface area (Å²) in [5, 5.41) is 8.53. The van der Waals surface area contributed by atoms with E-state index in [0.717, 1.165) is 4.88 Å². The average Bonchev–Trinajstić information content (AvgIpc) is 3.29. The van der Waals surface area contributed by atoms with Crippen molar-refractivity contribution in [3.63, 3.8) is 0 Å². The number of rotatable bonds is 6. The van der Waals surface area contributed by atoms with Gasteiger partial charge in [0.15, 0.2) is 11.5 Å². The maximum atomic E-state index is 12.8. The Morgan fingerprint density at radius 2 is 1.88 bits per heavy atom. The van der Waals surface area contributed by atoms with Gasteiger partial charge in [-0.2, -0.15) is 0 Å². The van der Waals surface area contributed by atoms with Crippen molar-refractivity contribution in [2.24, 2.45) is 0 Å². The van der Waals surface area contributed by atoms with Crippen molar-refractivity contribution in [3.8, 4) is 27.8 Å². The average molecular weight is 375 g/mol. The zero-order valence-electron chi connectivity index (χ0n) is 14.4. The molecule has 0 atom stereocenters. The number of methoxy groups -OCH3 is 3. The van der Waals surface area contributed by atoms with Gasteiger partial charge in [-0.15, -0.1) is 11.3 Å². The fourth-order valence-electron chi connectivity index (χ4n) is 2.45. The number of anilines is 2. The normalized spacial score (nSPS) is 10.4. The predicted octanol–water partition coefficient (Wildman–Crippen LogP) is 3.26. The molecule has 0 aliphatic rings. The van der Waals surface area contributed by atoms with Gasteiger partial charge in [-0.3, -0.25) is 4.79 Å². The summed E-state index contributed by atoms with van der Waals surface area (Å²) in [5.41, 5.74) is 6.81. The number of nitrogens with zero attached hydrogens (tertiary/aromatic N) is 1. The monoisotopic (exact) mass is 375 g/mol. The summed E-state index contributed by atoms with van der Waals surface area (Å²) in [7, 11) is 4.50. The lowest BCUT2D eigenvalue weighted by molar-refractivity contribution is 0.102. The number of carbonyl (C=O) groups is 1. The van der Waals surface area contributed by atoms with Crippen LogP contribution in [-0.2, 0) is 0 Å². The van der Waals surface area contributed by atoms with Crippen LogP contribution in [0.4, 0.5) is 11.6 Å². The Bertz CT molecular complexity index is 896. The Morgan fingerprint density at radius 3 is 2.42 bits per heavy atom. The summed E-state index contributed by atoms with van der Waals surface area (Å²) in [6.45, 7) is 0. The van der Waals surface area contributed by atoms with E-state index in [4.69, 9.17) is 24.5 Å². The molecule has 3 aromatic rings. The molecule has 0 spiro atoms. The van der Waals surface area contributed by atoms with Gasteiger partial charge in [0.25, 0.3) is 5.91 Å². The number of hydrogen-bond acceptors (Lipinski definition) is 8. The summed E-state index contributed by atoms with van der Waals surface area (Å²) < 4.78 is 20.9. The number of benzene rings is 1. The molecule has 0 unspecified atom stereocenters. The van der Waals surface area contributed by atoms with Crippen molar-refractivity contribution in [2.75, 3.05) is 32.4 Å². The first-order valence-electron chi connectivity index (χ1n) is 7.49. The molecule has 136 valence electrons. The fourth-order valence-corrected chi connectivity index (χ4v) is 3.16. The lowest BCUT2D eigenvalue weighted by atomic mass is 10.1. The van der Waals surface area contributed by atoms with Crippen molar-refractivity contribution in [1.29, 1.82) is 0 Å². The third-order valence-corrected chi connectivity index (χ3v) is 4.50. The highest BCUT2D eigenvalue weighted by Gasteiger charge is 2.24. The number of carbonyl (C=O) groups excluding carboxylic acids is 1. The molecule has 26 heavy (non-hydrogen) atoms. The van der Waals surface area contributed by atoms with Gasteiger partial charge in [-0.1, -0.05) is 11.2 Å². The summed E-state index contributed by atoms with van der Waals surface area (Å²) in [6.07, 6.45) is 0. The minimum Gasteiger partial charge on any atom is -0.493 e. The fraction of sp³-hybridized carbons (Fsp3) is 0.176. The number of amides is 1. The molecule has 3 N–H and O–H groups in total. The first-order valence-corrected chi connectivity index (χ1v) is 8.37. The Morgan fingerprint density at radius 1 is 1.19 bits per heavy atom. The highest BCUT2D eigenvalue weighted by Crippen LogP contribution is 2.40. The van der Waals surface area contributed by atoms with Crippen molar-refractivity contribution < 1.29 is 23.5 Å². The predicted molar refractivity (Wildman–Crippen MR) is 98.3 cm³/mol. The topological polar surface area (TPSA) is 109 Å². The maximum absolute atomic E-state index is 12.8. The zero-order valence-corrected chi connectivity index (χ0v) is 15.2. The first-order chi connectivity index (χ1) is 12.6. The van der Waals surface area contributed by atoms with Crippen LogP contribution in [0.15, 0.2) is 34.2 Å². The number of ether oxygens (including phenoxy) is 3. The molecule has 0 fully saturated rings. The maximum Gasteiger partial charge on any atom is 0.263 e. The Hall–Kier alpha value is -3.20. The molecule has 0 bridgehead atoms. The van der Waals surface area contributed by atoms with E-state index in [0.29, 0.717) is 28.6 Å².